The highest BCUT2D eigenvalue weighted by Crippen LogP contribution is 2.20. The van der Waals surface area contributed by atoms with Crippen LogP contribution in [-0.4, -0.2) is 46.2 Å². The summed E-state index contributed by atoms with van der Waals surface area (Å²) in [4.78, 5) is 18.3. The van der Waals surface area contributed by atoms with Crippen LogP contribution in [0.3, 0.4) is 0 Å². The van der Waals surface area contributed by atoms with E-state index in [1.807, 2.05) is 20.8 Å². The SMILES string of the molecule is CCC(C)Oc1cc(C(=O)N2CCC(C)C(O)C2)ccn1. The lowest BCUT2D eigenvalue weighted by atomic mass is 9.95. The van der Waals surface area contributed by atoms with Gasteiger partial charge < -0.3 is 14.7 Å². The Kier molecular flexibility index (Phi) is 5.17. The fraction of sp³-hybridized carbons (Fsp3) is 0.625. The van der Waals surface area contributed by atoms with Crippen LogP contribution in [0.1, 0.15) is 44.0 Å². The molecule has 2 rings (SSSR count). The molecule has 0 radical (unpaired) electrons. The lowest BCUT2D eigenvalue weighted by Crippen LogP contribution is -2.45. The second-order valence-corrected chi connectivity index (χ2v) is 5.80. The smallest absolute Gasteiger partial charge is 0.254 e. The average molecular weight is 292 g/mol. The Morgan fingerprint density at radius 3 is 3.05 bits per heavy atom. The average Bonchev–Trinajstić information content (AvgIpc) is 2.49. The van der Waals surface area contributed by atoms with E-state index in [4.69, 9.17) is 4.74 Å². The fourth-order valence-corrected chi connectivity index (χ4v) is 2.31. The quantitative estimate of drug-likeness (QED) is 0.923. The third-order valence-electron chi connectivity index (χ3n) is 4.08. The number of hydrogen-bond donors (Lipinski definition) is 1. The molecular weight excluding hydrogens is 268 g/mol. The molecule has 1 aromatic heterocycles. The topological polar surface area (TPSA) is 62.7 Å². The molecule has 1 aliphatic rings. The van der Waals surface area contributed by atoms with Crippen LogP contribution < -0.4 is 4.74 Å². The van der Waals surface area contributed by atoms with Crippen molar-refractivity contribution in [2.45, 2.75) is 45.8 Å². The van der Waals surface area contributed by atoms with Gasteiger partial charge in [-0.25, -0.2) is 4.98 Å². The van der Waals surface area contributed by atoms with Crippen molar-refractivity contribution in [3.63, 3.8) is 0 Å². The zero-order valence-corrected chi connectivity index (χ0v) is 13.0. The summed E-state index contributed by atoms with van der Waals surface area (Å²) in [5, 5.41) is 9.92. The number of likely N-dealkylation sites (tertiary alicyclic amines) is 1. The summed E-state index contributed by atoms with van der Waals surface area (Å²) in [7, 11) is 0. The van der Waals surface area contributed by atoms with Crippen LogP contribution >= 0.6 is 0 Å². The van der Waals surface area contributed by atoms with Crippen molar-refractivity contribution in [1.29, 1.82) is 0 Å². The number of pyridine rings is 1. The van der Waals surface area contributed by atoms with Gasteiger partial charge in [-0.1, -0.05) is 13.8 Å². The standard InChI is InChI=1S/C16H24N2O3/c1-4-12(3)21-15-9-13(5-7-17-15)16(20)18-8-6-11(2)14(19)10-18/h5,7,9,11-12,14,19H,4,6,8,10H2,1-3H3. The first-order chi connectivity index (χ1) is 10.0. The highest BCUT2D eigenvalue weighted by Gasteiger charge is 2.28. The van der Waals surface area contributed by atoms with Gasteiger partial charge in [0.2, 0.25) is 5.88 Å². The summed E-state index contributed by atoms with van der Waals surface area (Å²) in [6.45, 7) is 7.09. The maximum Gasteiger partial charge on any atom is 0.254 e. The first-order valence-electron chi connectivity index (χ1n) is 7.61. The molecule has 1 aliphatic heterocycles. The van der Waals surface area contributed by atoms with Gasteiger partial charge in [-0.2, -0.15) is 0 Å². The third-order valence-corrected chi connectivity index (χ3v) is 4.08. The van der Waals surface area contributed by atoms with Gasteiger partial charge in [0, 0.05) is 30.9 Å². The number of piperidine rings is 1. The second kappa shape index (κ2) is 6.89. The molecule has 0 aliphatic carbocycles. The molecule has 5 heteroatoms. The molecule has 1 amide bonds. The Bertz CT molecular complexity index is 492. The molecule has 1 N–H and O–H groups in total. The minimum Gasteiger partial charge on any atom is -0.475 e. The van der Waals surface area contributed by atoms with Crippen LogP contribution in [-0.2, 0) is 0 Å². The van der Waals surface area contributed by atoms with Gasteiger partial charge in [0.25, 0.3) is 5.91 Å². The maximum atomic E-state index is 12.5. The minimum atomic E-state index is -0.444. The van der Waals surface area contributed by atoms with Crippen LogP contribution in [0.4, 0.5) is 0 Å². The Balaban J connectivity index is 2.07. The Morgan fingerprint density at radius 1 is 1.62 bits per heavy atom. The van der Waals surface area contributed by atoms with Crippen molar-refractivity contribution < 1.29 is 14.6 Å². The number of rotatable bonds is 4. The second-order valence-electron chi connectivity index (χ2n) is 5.80. The van der Waals surface area contributed by atoms with E-state index in [1.165, 1.54) is 0 Å². The summed E-state index contributed by atoms with van der Waals surface area (Å²) < 4.78 is 5.65. The highest BCUT2D eigenvalue weighted by molar-refractivity contribution is 5.94. The molecule has 1 aromatic rings. The number of β-amino-alcohol motifs (C(OH)–C–C–N with tert-alkyl or cyclic N) is 1. The van der Waals surface area contributed by atoms with Crippen molar-refractivity contribution in [3.05, 3.63) is 23.9 Å². The van der Waals surface area contributed by atoms with E-state index in [2.05, 4.69) is 4.98 Å². The van der Waals surface area contributed by atoms with Gasteiger partial charge in [0.05, 0.1) is 12.2 Å². The van der Waals surface area contributed by atoms with Gasteiger partial charge in [0.15, 0.2) is 0 Å². The normalized spacial score (nSPS) is 23.7. The lowest BCUT2D eigenvalue weighted by molar-refractivity contribution is 0.0248. The predicted octanol–water partition coefficient (Wildman–Crippen LogP) is 2.10. The molecule has 0 saturated carbocycles. The monoisotopic (exact) mass is 292 g/mol. The number of carbonyl (C=O) groups is 1. The van der Waals surface area contributed by atoms with Gasteiger partial charge in [-0.15, -0.1) is 0 Å². The lowest BCUT2D eigenvalue weighted by Gasteiger charge is -2.34. The van der Waals surface area contributed by atoms with Crippen molar-refractivity contribution in [3.8, 4) is 5.88 Å². The summed E-state index contributed by atoms with van der Waals surface area (Å²) in [5.41, 5.74) is 0.560. The van der Waals surface area contributed by atoms with E-state index in [0.717, 1.165) is 12.8 Å². The molecule has 3 atom stereocenters. The molecule has 1 saturated heterocycles. The van der Waals surface area contributed by atoms with Crippen molar-refractivity contribution in [1.82, 2.24) is 9.88 Å². The van der Waals surface area contributed by atoms with E-state index >= 15 is 0 Å². The predicted molar refractivity (Wildman–Crippen MR) is 80.3 cm³/mol. The molecule has 3 unspecified atom stereocenters. The summed E-state index contributed by atoms with van der Waals surface area (Å²) in [6, 6.07) is 3.37. The first-order valence-corrected chi connectivity index (χ1v) is 7.61. The summed E-state index contributed by atoms with van der Waals surface area (Å²) in [5.74, 6) is 0.647. The van der Waals surface area contributed by atoms with Gasteiger partial charge >= 0.3 is 0 Å². The van der Waals surface area contributed by atoms with Crippen LogP contribution in [0, 0.1) is 5.92 Å². The Hall–Kier alpha value is -1.62. The van der Waals surface area contributed by atoms with Crippen LogP contribution in [0.25, 0.3) is 0 Å². The number of amides is 1. The molecular formula is C16H24N2O3. The Morgan fingerprint density at radius 2 is 2.38 bits per heavy atom. The molecule has 21 heavy (non-hydrogen) atoms. The summed E-state index contributed by atoms with van der Waals surface area (Å²) >= 11 is 0. The van der Waals surface area contributed by atoms with Gasteiger partial charge in [0.1, 0.15) is 0 Å². The molecule has 0 spiro atoms. The molecule has 0 aromatic carbocycles. The van der Waals surface area contributed by atoms with Crippen molar-refractivity contribution >= 4 is 5.91 Å². The van der Waals surface area contributed by atoms with E-state index in [0.29, 0.717) is 24.5 Å². The zero-order chi connectivity index (χ0) is 15.4. The molecule has 1 fully saturated rings. The van der Waals surface area contributed by atoms with E-state index < -0.39 is 6.10 Å². The number of aliphatic hydroxyl groups excluding tert-OH is 1. The maximum absolute atomic E-state index is 12.5. The van der Waals surface area contributed by atoms with Crippen LogP contribution in [0.5, 0.6) is 5.88 Å². The number of aliphatic hydroxyl groups is 1. The number of hydrogen-bond acceptors (Lipinski definition) is 4. The van der Waals surface area contributed by atoms with Crippen LogP contribution in [0.2, 0.25) is 0 Å². The Labute approximate surface area is 125 Å². The van der Waals surface area contributed by atoms with E-state index in [1.54, 1.807) is 23.2 Å². The number of nitrogens with zero attached hydrogens (tertiary/aromatic N) is 2. The minimum absolute atomic E-state index is 0.0699. The van der Waals surface area contributed by atoms with Crippen molar-refractivity contribution in [2.24, 2.45) is 5.92 Å². The summed E-state index contributed by atoms with van der Waals surface area (Å²) in [6.07, 6.45) is 2.93. The number of ether oxygens (including phenoxy) is 1. The fourth-order valence-electron chi connectivity index (χ4n) is 2.31. The molecule has 5 nitrogen and oxygen atoms in total. The van der Waals surface area contributed by atoms with E-state index in [9.17, 15) is 9.90 Å². The van der Waals surface area contributed by atoms with Gasteiger partial charge in [-0.3, -0.25) is 4.79 Å². The largest absolute Gasteiger partial charge is 0.475 e. The number of aromatic nitrogens is 1. The highest BCUT2D eigenvalue weighted by atomic mass is 16.5. The first kappa shape index (κ1) is 15.8. The van der Waals surface area contributed by atoms with Crippen LogP contribution in [0.15, 0.2) is 18.3 Å². The van der Waals surface area contributed by atoms with E-state index in [-0.39, 0.29) is 17.9 Å². The molecule has 2 heterocycles. The molecule has 0 bridgehead atoms. The number of carbonyl (C=O) groups excluding carboxylic acids is 1. The zero-order valence-electron chi connectivity index (χ0n) is 13.0. The molecule has 116 valence electrons. The third kappa shape index (κ3) is 3.94. The van der Waals surface area contributed by atoms with Crippen molar-refractivity contribution in [2.75, 3.05) is 13.1 Å². The van der Waals surface area contributed by atoms with Gasteiger partial charge in [-0.05, 0) is 31.7 Å².